The standard InChI is InChI=1S/C22H27F4N5OS.C2H6.H2/c1-22(25,26)14-3-2-6-31(13-14)16-4-7-30(8-5-16)21-29-12-19(33-21)20(32)28-11-18-17(24)9-15(23)10-27-18;1-2;/h9-10,12,14,16H,2-8,11,13H2,1H3,(H,28,32);1-2H3;1H. The lowest BCUT2D eigenvalue weighted by Crippen LogP contribution is -2.50. The number of rotatable bonds is 6. The number of hydrogen-bond acceptors (Lipinski definition) is 6. The third-order valence-corrected chi connectivity index (χ3v) is 7.50. The quantitative estimate of drug-likeness (QED) is 0.523. The number of halogens is 4. The van der Waals surface area contributed by atoms with Gasteiger partial charge in [-0.3, -0.25) is 14.7 Å². The summed E-state index contributed by atoms with van der Waals surface area (Å²) < 4.78 is 54.2. The van der Waals surface area contributed by atoms with Crippen molar-refractivity contribution in [2.75, 3.05) is 31.1 Å². The Morgan fingerprint density at radius 2 is 1.89 bits per heavy atom. The van der Waals surface area contributed by atoms with E-state index in [2.05, 4.69) is 25.1 Å². The fourth-order valence-electron chi connectivity index (χ4n) is 4.51. The number of hydrogen-bond donors (Lipinski definition) is 1. The molecule has 4 heterocycles. The number of nitrogens with zero attached hydrogens (tertiary/aromatic N) is 4. The van der Waals surface area contributed by atoms with Crippen LogP contribution in [0.1, 0.15) is 63.2 Å². The monoisotopic (exact) mass is 517 g/mol. The number of piperidine rings is 2. The van der Waals surface area contributed by atoms with E-state index in [-0.39, 0.29) is 19.7 Å². The zero-order valence-electron chi connectivity index (χ0n) is 20.4. The Kier molecular flexibility index (Phi) is 9.46. The Bertz CT molecular complexity index is 982. The van der Waals surface area contributed by atoms with Gasteiger partial charge in [-0.25, -0.2) is 22.5 Å². The number of thiazole rings is 1. The molecule has 2 aromatic rings. The lowest BCUT2D eigenvalue weighted by molar-refractivity contribution is -0.0730. The van der Waals surface area contributed by atoms with Crippen LogP contribution in [-0.2, 0) is 6.54 Å². The minimum absolute atomic E-state index is 0. The van der Waals surface area contributed by atoms with E-state index in [0.717, 1.165) is 63.2 Å². The number of likely N-dealkylation sites (tertiary alicyclic amines) is 1. The Morgan fingerprint density at radius 3 is 2.54 bits per heavy atom. The van der Waals surface area contributed by atoms with Gasteiger partial charge in [-0.05, 0) is 39.2 Å². The van der Waals surface area contributed by atoms with Crippen LogP contribution in [0.2, 0.25) is 0 Å². The molecule has 2 aliphatic rings. The highest BCUT2D eigenvalue weighted by atomic mass is 32.1. The molecule has 0 spiro atoms. The molecule has 0 radical (unpaired) electrons. The van der Waals surface area contributed by atoms with Gasteiger partial charge in [0.05, 0.1) is 24.6 Å². The van der Waals surface area contributed by atoms with E-state index in [0.29, 0.717) is 17.8 Å². The van der Waals surface area contributed by atoms with E-state index in [1.807, 2.05) is 13.8 Å². The fraction of sp³-hybridized carbons (Fsp3) is 0.625. The maximum Gasteiger partial charge on any atom is 0.263 e. The molecule has 35 heavy (non-hydrogen) atoms. The van der Waals surface area contributed by atoms with Crippen LogP contribution in [-0.4, -0.2) is 58.9 Å². The van der Waals surface area contributed by atoms with Gasteiger partial charge in [-0.1, -0.05) is 25.2 Å². The van der Waals surface area contributed by atoms with Gasteiger partial charge in [-0.15, -0.1) is 0 Å². The summed E-state index contributed by atoms with van der Waals surface area (Å²) in [6, 6.07) is 1.01. The first-order chi connectivity index (χ1) is 16.7. The zero-order valence-corrected chi connectivity index (χ0v) is 21.2. The van der Waals surface area contributed by atoms with Crippen molar-refractivity contribution in [1.29, 1.82) is 0 Å². The van der Waals surface area contributed by atoms with E-state index in [9.17, 15) is 22.4 Å². The molecule has 4 rings (SSSR count). The van der Waals surface area contributed by atoms with Gasteiger partial charge in [0, 0.05) is 39.1 Å². The number of amides is 1. The molecule has 2 fully saturated rings. The first-order valence-corrected chi connectivity index (χ1v) is 12.9. The molecule has 0 aliphatic carbocycles. The summed E-state index contributed by atoms with van der Waals surface area (Å²) in [7, 11) is 0. The number of alkyl halides is 2. The molecular weight excluding hydrogens is 482 g/mol. The van der Waals surface area contributed by atoms with Crippen LogP contribution in [0, 0.1) is 17.6 Å². The number of carbonyl (C=O) groups is 1. The summed E-state index contributed by atoms with van der Waals surface area (Å²) >= 11 is 1.25. The lowest BCUT2D eigenvalue weighted by Gasteiger charge is -2.43. The zero-order chi connectivity index (χ0) is 25.6. The van der Waals surface area contributed by atoms with Crippen LogP contribution in [0.4, 0.5) is 22.7 Å². The third-order valence-electron chi connectivity index (χ3n) is 6.44. The normalized spacial score (nSPS) is 19.7. The van der Waals surface area contributed by atoms with E-state index in [1.54, 1.807) is 0 Å². The minimum Gasteiger partial charge on any atom is -0.348 e. The largest absolute Gasteiger partial charge is 0.348 e. The van der Waals surface area contributed by atoms with Crippen molar-refractivity contribution in [3.63, 3.8) is 0 Å². The summed E-state index contributed by atoms with van der Waals surface area (Å²) in [5.74, 6) is -5.22. The minimum atomic E-state index is -2.64. The molecule has 1 atom stereocenters. The highest BCUT2D eigenvalue weighted by Gasteiger charge is 2.39. The van der Waals surface area contributed by atoms with E-state index in [1.165, 1.54) is 17.5 Å². The highest BCUT2D eigenvalue weighted by molar-refractivity contribution is 7.17. The van der Waals surface area contributed by atoms with Gasteiger partial charge in [-0.2, -0.15) is 0 Å². The summed E-state index contributed by atoms with van der Waals surface area (Å²) in [4.78, 5) is 25.1. The first-order valence-electron chi connectivity index (χ1n) is 12.1. The SMILES string of the molecule is CC.CC(F)(F)C1CCCN(C2CCN(c3ncc(C(=O)NCc4ncc(F)cc4F)s3)CC2)C1.[HH]. The average Bonchev–Trinajstić information content (AvgIpc) is 3.35. The van der Waals surface area contributed by atoms with Crippen LogP contribution in [0.3, 0.4) is 0 Å². The Hall–Kier alpha value is -2.27. The van der Waals surface area contributed by atoms with Gasteiger partial charge in [0.2, 0.25) is 5.92 Å². The highest BCUT2D eigenvalue weighted by Crippen LogP contribution is 2.34. The molecule has 2 aliphatic heterocycles. The Labute approximate surface area is 209 Å². The lowest BCUT2D eigenvalue weighted by atomic mass is 9.90. The van der Waals surface area contributed by atoms with Crippen LogP contribution in [0.25, 0.3) is 0 Å². The van der Waals surface area contributed by atoms with Crippen molar-refractivity contribution in [3.8, 4) is 0 Å². The number of anilines is 1. The van der Waals surface area contributed by atoms with Crippen molar-refractivity contribution in [1.82, 2.24) is 20.2 Å². The van der Waals surface area contributed by atoms with Gasteiger partial charge in [0.1, 0.15) is 16.5 Å². The molecule has 1 unspecified atom stereocenters. The fourth-order valence-corrected chi connectivity index (χ4v) is 5.40. The summed E-state index contributed by atoms with van der Waals surface area (Å²) in [6.07, 6.45) is 5.48. The molecule has 196 valence electrons. The van der Waals surface area contributed by atoms with Crippen molar-refractivity contribution in [2.24, 2.45) is 5.92 Å². The molecule has 11 heteroatoms. The van der Waals surface area contributed by atoms with Crippen molar-refractivity contribution in [3.05, 3.63) is 40.7 Å². The molecule has 0 aromatic carbocycles. The first kappa shape index (κ1) is 27.3. The molecular formula is C24H35F4N5OS. The molecule has 2 saturated heterocycles. The van der Waals surface area contributed by atoms with Crippen molar-refractivity contribution < 1.29 is 23.8 Å². The predicted molar refractivity (Wildman–Crippen MR) is 131 cm³/mol. The number of aromatic nitrogens is 2. The van der Waals surface area contributed by atoms with Gasteiger partial charge in [0.25, 0.3) is 5.91 Å². The topological polar surface area (TPSA) is 61.4 Å². The predicted octanol–water partition coefficient (Wildman–Crippen LogP) is 5.35. The van der Waals surface area contributed by atoms with Crippen LogP contribution in [0.5, 0.6) is 0 Å². The second-order valence-corrected chi connectivity index (χ2v) is 9.79. The number of pyridine rings is 1. The van der Waals surface area contributed by atoms with Gasteiger partial charge in [0.15, 0.2) is 5.13 Å². The maximum atomic E-state index is 13.8. The molecule has 2 aromatic heterocycles. The number of carbonyl (C=O) groups excluding carboxylic acids is 1. The molecule has 6 nitrogen and oxygen atoms in total. The summed E-state index contributed by atoms with van der Waals surface area (Å²) in [6.45, 7) is 7.66. The second-order valence-electron chi connectivity index (χ2n) is 8.78. The molecule has 0 saturated carbocycles. The average molecular weight is 518 g/mol. The van der Waals surface area contributed by atoms with Crippen molar-refractivity contribution in [2.45, 2.75) is 65.0 Å². The van der Waals surface area contributed by atoms with Crippen LogP contribution >= 0.6 is 11.3 Å². The number of nitrogens with one attached hydrogen (secondary N) is 1. The smallest absolute Gasteiger partial charge is 0.263 e. The van der Waals surface area contributed by atoms with Crippen molar-refractivity contribution >= 4 is 22.4 Å². The Morgan fingerprint density at radius 1 is 1.17 bits per heavy atom. The Balaban J connectivity index is 0.00000148. The van der Waals surface area contributed by atoms with E-state index < -0.39 is 29.4 Å². The summed E-state index contributed by atoms with van der Waals surface area (Å²) in [5, 5.41) is 3.30. The van der Waals surface area contributed by atoms with Crippen LogP contribution < -0.4 is 10.2 Å². The van der Waals surface area contributed by atoms with Gasteiger partial charge >= 0.3 is 0 Å². The summed E-state index contributed by atoms with van der Waals surface area (Å²) in [5.41, 5.74) is -0.0441. The van der Waals surface area contributed by atoms with E-state index in [4.69, 9.17) is 0 Å². The van der Waals surface area contributed by atoms with E-state index >= 15 is 0 Å². The molecule has 1 N–H and O–H groups in total. The van der Waals surface area contributed by atoms with Gasteiger partial charge < -0.3 is 10.2 Å². The van der Waals surface area contributed by atoms with Crippen LogP contribution in [0.15, 0.2) is 18.5 Å². The molecule has 1 amide bonds. The molecule has 0 bridgehead atoms. The second kappa shape index (κ2) is 12.1. The maximum absolute atomic E-state index is 13.8. The third kappa shape index (κ3) is 7.13.